The van der Waals surface area contributed by atoms with Crippen molar-refractivity contribution < 1.29 is 19.1 Å². The second kappa shape index (κ2) is 5.45. The highest BCUT2D eigenvalue weighted by atomic mass is 35.5. The van der Waals surface area contributed by atoms with Crippen LogP contribution in [0.4, 0.5) is 0 Å². The van der Waals surface area contributed by atoms with Crippen LogP contribution in [0.25, 0.3) is 0 Å². The van der Waals surface area contributed by atoms with Crippen molar-refractivity contribution in [2.24, 2.45) is 17.8 Å². The molecule has 2 saturated carbocycles. The van der Waals surface area contributed by atoms with Gasteiger partial charge in [0.1, 0.15) is 11.4 Å². The number of nitrogens with zero attached hydrogens (tertiary/aromatic N) is 1. The number of halogens is 1. The third-order valence-corrected chi connectivity index (χ3v) is 6.53. The Labute approximate surface area is 151 Å². The van der Waals surface area contributed by atoms with Crippen LogP contribution in [0.2, 0.25) is 5.02 Å². The van der Waals surface area contributed by atoms with Crippen LogP contribution in [0.1, 0.15) is 29.6 Å². The Balaban J connectivity index is 1.39. The summed E-state index contributed by atoms with van der Waals surface area (Å²) in [4.78, 5) is 27.5. The summed E-state index contributed by atoms with van der Waals surface area (Å²) in [5.74, 6) is 1.44. The molecule has 5 nitrogen and oxygen atoms in total. The zero-order chi connectivity index (χ0) is 17.2. The highest BCUT2D eigenvalue weighted by Gasteiger charge is 2.71. The molecule has 1 spiro atoms. The van der Waals surface area contributed by atoms with Crippen LogP contribution >= 0.6 is 11.6 Å². The lowest BCUT2D eigenvalue weighted by Gasteiger charge is -2.37. The quantitative estimate of drug-likeness (QED) is 0.771. The molecule has 1 aromatic carbocycles. The van der Waals surface area contributed by atoms with Gasteiger partial charge in [0, 0.05) is 29.9 Å². The molecule has 5 rings (SSSR count). The van der Waals surface area contributed by atoms with E-state index in [9.17, 15) is 9.59 Å². The van der Waals surface area contributed by atoms with E-state index in [2.05, 4.69) is 0 Å². The maximum Gasteiger partial charge on any atom is 0.226 e. The Morgan fingerprint density at radius 1 is 1.28 bits per heavy atom. The van der Waals surface area contributed by atoms with E-state index in [1.807, 2.05) is 4.90 Å². The molecular formula is C19H20ClNO4. The number of amides is 1. The number of rotatable bonds is 1. The zero-order valence-electron chi connectivity index (χ0n) is 13.9. The van der Waals surface area contributed by atoms with E-state index in [4.69, 9.17) is 21.1 Å². The molecule has 1 amide bonds. The van der Waals surface area contributed by atoms with Crippen LogP contribution in [0.3, 0.4) is 0 Å². The van der Waals surface area contributed by atoms with Crippen molar-refractivity contribution >= 4 is 23.3 Å². The summed E-state index contributed by atoms with van der Waals surface area (Å²) in [7, 11) is 0. The third kappa shape index (κ3) is 2.32. The van der Waals surface area contributed by atoms with Gasteiger partial charge in [0.15, 0.2) is 5.78 Å². The van der Waals surface area contributed by atoms with Crippen molar-refractivity contribution in [3.8, 4) is 5.75 Å². The van der Waals surface area contributed by atoms with Crippen LogP contribution in [-0.2, 0) is 9.53 Å². The van der Waals surface area contributed by atoms with E-state index < -0.39 is 5.60 Å². The van der Waals surface area contributed by atoms with Gasteiger partial charge in [-0.05, 0) is 37.0 Å². The molecule has 0 radical (unpaired) electrons. The van der Waals surface area contributed by atoms with Crippen LogP contribution in [0.5, 0.6) is 5.75 Å². The molecule has 25 heavy (non-hydrogen) atoms. The molecule has 0 aromatic heterocycles. The third-order valence-electron chi connectivity index (χ3n) is 6.30. The topological polar surface area (TPSA) is 55.8 Å². The summed E-state index contributed by atoms with van der Waals surface area (Å²) in [6.45, 7) is 2.57. The molecule has 6 heteroatoms. The predicted octanol–water partition coefficient (Wildman–Crippen LogP) is 2.56. The molecule has 4 atom stereocenters. The molecule has 1 saturated heterocycles. The van der Waals surface area contributed by atoms with Gasteiger partial charge < -0.3 is 14.4 Å². The minimum Gasteiger partial charge on any atom is -0.486 e. The summed E-state index contributed by atoms with van der Waals surface area (Å²) in [6, 6.07) is 5.22. The average Bonchev–Trinajstić information content (AvgIpc) is 3.27. The molecule has 4 aliphatic rings. The van der Waals surface area contributed by atoms with Gasteiger partial charge in [-0.2, -0.15) is 0 Å². The first-order valence-corrected chi connectivity index (χ1v) is 9.35. The maximum atomic E-state index is 12.9. The lowest BCUT2D eigenvalue weighted by atomic mass is 9.84. The molecule has 0 bridgehead atoms. The Kier molecular flexibility index (Phi) is 3.41. The van der Waals surface area contributed by atoms with Crippen molar-refractivity contribution in [2.75, 3.05) is 26.3 Å². The molecule has 0 unspecified atom stereocenters. The smallest absolute Gasteiger partial charge is 0.226 e. The van der Waals surface area contributed by atoms with Gasteiger partial charge in [0.25, 0.3) is 0 Å². The molecule has 1 aromatic rings. The standard InChI is InChI=1S/C19H20ClNO4/c20-11-1-2-15-13(9-11)14(22)10-19(25-15)4-3-12-16(17(12)19)18(23)21-5-7-24-8-6-21/h1-2,9,12,16-17H,3-8,10H2/t12-,16-,17+,19+/m1/s1. The minimum absolute atomic E-state index is 0.00787. The van der Waals surface area contributed by atoms with E-state index in [1.165, 1.54) is 0 Å². The molecular weight excluding hydrogens is 342 g/mol. The number of hydrogen-bond acceptors (Lipinski definition) is 4. The van der Waals surface area contributed by atoms with E-state index in [0.29, 0.717) is 55.0 Å². The predicted molar refractivity (Wildman–Crippen MR) is 90.9 cm³/mol. The minimum atomic E-state index is -0.505. The number of Topliss-reactive ketones (excluding diaryl/α,β-unsaturated/α-hetero) is 1. The highest BCUT2D eigenvalue weighted by molar-refractivity contribution is 6.31. The van der Waals surface area contributed by atoms with Gasteiger partial charge >= 0.3 is 0 Å². The van der Waals surface area contributed by atoms with Crippen LogP contribution < -0.4 is 4.74 Å². The van der Waals surface area contributed by atoms with Gasteiger partial charge in [0.05, 0.1) is 25.2 Å². The first-order valence-electron chi connectivity index (χ1n) is 8.97. The second-order valence-electron chi connectivity index (χ2n) is 7.60. The number of carbonyl (C=O) groups excluding carboxylic acids is 2. The van der Waals surface area contributed by atoms with Crippen LogP contribution in [-0.4, -0.2) is 48.5 Å². The summed E-state index contributed by atoms with van der Waals surface area (Å²) in [5, 5.41) is 0.544. The number of morpholine rings is 1. The Hall–Kier alpha value is -1.59. The van der Waals surface area contributed by atoms with Gasteiger partial charge in [-0.3, -0.25) is 9.59 Å². The fourth-order valence-electron chi connectivity index (χ4n) is 5.12. The summed E-state index contributed by atoms with van der Waals surface area (Å²) >= 11 is 6.01. The van der Waals surface area contributed by atoms with E-state index in [-0.39, 0.29) is 23.5 Å². The molecule has 3 fully saturated rings. The fraction of sp³-hybridized carbons (Fsp3) is 0.579. The SMILES string of the molecule is O=C1C[C@]2(CC[C@@H]3[C@@H](C(=O)N4CCOCC4)[C@H]32)Oc2ccc(Cl)cc21. The van der Waals surface area contributed by atoms with Crippen molar-refractivity contribution in [3.05, 3.63) is 28.8 Å². The van der Waals surface area contributed by atoms with Crippen molar-refractivity contribution in [3.63, 3.8) is 0 Å². The number of ketones is 1. The summed E-state index contributed by atoms with van der Waals surface area (Å²) in [5.41, 5.74) is 0.0631. The van der Waals surface area contributed by atoms with Crippen molar-refractivity contribution in [1.82, 2.24) is 4.90 Å². The van der Waals surface area contributed by atoms with E-state index >= 15 is 0 Å². The van der Waals surface area contributed by atoms with Gasteiger partial charge in [0.2, 0.25) is 5.91 Å². The lowest BCUT2D eigenvalue weighted by molar-refractivity contribution is -0.138. The van der Waals surface area contributed by atoms with E-state index in [0.717, 1.165) is 12.8 Å². The summed E-state index contributed by atoms with van der Waals surface area (Å²) < 4.78 is 11.7. The Bertz CT molecular complexity index is 760. The zero-order valence-corrected chi connectivity index (χ0v) is 14.6. The Morgan fingerprint density at radius 2 is 2.08 bits per heavy atom. The average molecular weight is 362 g/mol. The van der Waals surface area contributed by atoms with Crippen LogP contribution in [0, 0.1) is 17.8 Å². The Morgan fingerprint density at radius 3 is 2.88 bits per heavy atom. The number of fused-ring (bicyclic) bond motifs is 3. The largest absolute Gasteiger partial charge is 0.486 e. The molecule has 132 valence electrons. The molecule has 0 N–H and O–H groups in total. The van der Waals surface area contributed by atoms with Gasteiger partial charge in [-0.1, -0.05) is 11.6 Å². The molecule has 2 heterocycles. The number of carbonyl (C=O) groups is 2. The summed E-state index contributed by atoms with van der Waals surface area (Å²) in [6.07, 6.45) is 2.17. The van der Waals surface area contributed by atoms with Gasteiger partial charge in [-0.15, -0.1) is 0 Å². The number of hydrogen-bond donors (Lipinski definition) is 0. The first kappa shape index (κ1) is 15.6. The molecule has 2 aliphatic heterocycles. The lowest BCUT2D eigenvalue weighted by Crippen LogP contribution is -2.46. The maximum absolute atomic E-state index is 12.9. The fourth-order valence-corrected chi connectivity index (χ4v) is 5.29. The van der Waals surface area contributed by atoms with E-state index in [1.54, 1.807) is 18.2 Å². The van der Waals surface area contributed by atoms with Crippen molar-refractivity contribution in [1.29, 1.82) is 0 Å². The molecule has 2 aliphatic carbocycles. The first-order chi connectivity index (χ1) is 12.1. The van der Waals surface area contributed by atoms with Crippen LogP contribution in [0.15, 0.2) is 18.2 Å². The number of benzene rings is 1. The van der Waals surface area contributed by atoms with Crippen molar-refractivity contribution in [2.45, 2.75) is 24.9 Å². The highest BCUT2D eigenvalue weighted by Crippen LogP contribution is 2.66. The van der Waals surface area contributed by atoms with Gasteiger partial charge in [-0.25, -0.2) is 0 Å². The normalized spacial score (nSPS) is 36.0. The number of ether oxygens (including phenoxy) is 2. The monoisotopic (exact) mass is 361 g/mol. The second-order valence-corrected chi connectivity index (χ2v) is 8.04.